The second kappa shape index (κ2) is 7.10. The van der Waals surface area contributed by atoms with Gasteiger partial charge in [0.15, 0.2) is 5.65 Å². The van der Waals surface area contributed by atoms with Crippen molar-refractivity contribution in [1.82, 2.24) is 19.9 Å². The molecular weight excluding hydrogens is 322 g/mol. The van der Waals surface area contributed by atoms with Crippen LogP contribution in [-0.2, 0) is 6.42 Å². The molecule has 128 valence electrons. The normalized spacial score (nSPS) is 12.0. The molecule has 1 atom stereocenters. The highest BCUT2D eigenvalue weighted by atomic mass is 16.3. The summed E-state index contributed by atoms with van der Waals surface area (Å²) in [5.74, 6) is -1.10. The first kappa shape index (κ1) is 16.6. The van der Waals surface area contributed by atoms with E-state index in [2.05, 4.69) is 15.4 Å². The lowest BCUT2D eigenvalue weighted by atomic mass is 10.1. The first-order valence-electron chi connectivity index (χ1n) is 7.69. The topological polar surface area (TPSA) is 123 Å². The van der Waals surface area contributed by atoms with Crippen molar-refractivity contribution in [2.24, 2.45) is 5.73 Å². The van der Waals surface area contributed by atoms with E-state index >= 15 is 0 Å². The van der Waals surface area contributed by atoms with Crippen LogP contribution in [-0.4, -0.2) is 44.2 Å². The average Bonchev–Trinajstić information content (AvgIpc) is 3.05. The Labute approximate surface area is 143 Å². The number of hydrogen-bond acceptors (Lipinski definition) is 5. The molecule has 0 saturated heterocycles. The summed E-state index contributed by atoms with van der Waals surface area (Å²) in [5.41, 5.74) is 6.79. The van der Waals surface area contributed by atoms with Crippen molar-refractivity contribution < 1.29 is 14.7 Å². The molecule has 0 saturated carbocycles. The van der Waals surface area contributed by atoms with Crippen LogP contribution in [0.4, 0.5) is 0 Å². The molecule has 0 aliphatic carbocycles. The van der Waals surface area contributed by atoms with Gasteiger partial charge in [0.05, 0.1) is 12.3 Å². The first-order valence-corrected chi connectivity index (χ1v) is 7.69. The number of aliphatic hydroxyl groups is 1. The molecule has 2 heterocycles. The van der Waals surface area contributed by atoms with E-state index in [1.165, 1.54) is 23.0 Å². The lowest BCUT2D eigenvalue weighted by Crippen LogP contribution is -2.34. The minimum Gasteiger partial charge on any atom is -0.391 e. The Morgan fingerprint density at radius 2 is 2.00 bits per heavy atom. The Morgan fingerprint density at radius 3 is 2.72 bits per heavy atom. The molecule has 25 heavy (non-hydrogen) atoms. The van der Waals surface area contributed by atoms with Gasteiger partial charge in [-0.3, -0.25) is 9.59 Å². The molecule has 2 aromatic heterocycles. The quantitative estimate of drug-likeness (QED) is 0.590. The number of primary amides is 1. The first-order chi connectivity index (χ1) is 12.1. The van der Waals surface area contributed by atoms with Crippen molar-refractivity contribution in [3.05, 3.63) is 65.6 Å². The van der Waals surface area contributed by atoms with Gasteiger partial charge in [0.2, 0.25) is 0 Å². The van der Waals surface area contributed by atoms with Gasteiger partial charge in [-0.1, -0.05) is 30.3 Å². The number of amides is 2. The number of rotatable bonds is 6. The third-order valence-electron chi connectivity index (χ3n) is 3.71. The number of aliphatic hydroxyl groups excluding tert-OH is 1. The summed E-state index contributed by atoms with van der Waals surface area (Å²) in [5, 5.41) is 16.7. The minimum atomic E-state index is -0.720. The summed E-state index contributed by atoms with van der Waals surface area (Å²) in [6.07, 6.45) is 2.38. The molecule has 0 spiro atoms. The highest BCUT2D eigenvalue weighted by molar-refractivity contribution is 5.99. The predicted molar refractivity (Wildman–Crippen MR) is 90.0 cm³/mol. The monoisotopic (exact) mass is 339 g/mol. The fourth-order valence-corrected chi connectivity index (χ4v) is 2.50. The highest BCUT2D eigenvalue weighted by Gasteiger charge is 2.17. The summed E-state index contributed by atoms with van der Waals surface area (Å²) in [7, 11) is 0. The molecule has 8 nitrogen and oxygen atoms in total. The Bertz CT molecular complexity index is 907. The van der Waals surface area contributed by atoms with Crippen LogP contribution in [0.5, 0.6) is 0 Å². The van der Waals surface area contributed by atoms with Crippen molar-refractivity contribution in [2.75, 3.05) is 6.54 Å². The maximum absolute atomic E-state index is 12.4. The van der Waals surface area contributed by atoms with E-state index in [1.807, 2.05) is 30.3 Å². The number of benzene rings is 1. The van der Waals surface area contributed by atoms with Gasteiger partial charge in [0.25, 0.3) is 11.8 Å². The van der Waals surface area contributed by atoms with Crippen molar-refractivity contribution in [3.8, 4) is 0 Å². The Kier molecular flexibility index (Phi) is 4.71. The van der Waals surface area contributed by atoms with Gasteiger partial charge in [-0.2, -0.15) is 5.10 Å². The Balaban J connectivity index is 1.69. The zero-order valence-electron chi connectivity index (χ0n) is 13.3. The van der Waals surface area contributed by atoms with E-state index in [-0.39, 0.29) is 23.4 Å². The number of fused-ring (bicyclic) bond motifs is 1. The van der Waals surface area contributed by atoms with E-state index in [9.17, 15) is 14.7 Å². The summed E-state index contributed by atoms with van der Waals surface area (Å²) in [6.45, 7) is 0.0848. The molecule has 1 aromatic carbocycles. The van der Waals surface area contributed by atoms with Gasteiger partial charge in [-0.05, 0) is 11.6 Å². The Hall–Kier alpha value is -3.26. The predicted octanol–water partition coefficient (Wildman–Crippen LogP) is 0.162. The van der Waals surface area contributed by atoms with E-state index in [4.69, 9.17) is 5.73 Å². The molecule has 0 bridgehead atoms. The second-order valence-electron chi connectivity index (χ2n) is 5.54. The summed E-state index contributed by atoms with van der Waals surface area (Å²) in [4.78, 5) is 27.7. The maximum Gasteiger partial charge on any atom is 0.270 e. The minimum absolute atomic E-state index is 0.0848. The molecule has 4 N–H and O–H groups in total. The lowest BCUT2D eigenvalue weighted by molar-refractivity contribution is 0.0907. The third kappa shape index (κ3) is 3.64. The maximum atomic E-state index is 12.4. The van der Waals surface area contributed by atoms with Gasteiger partial charge in [-0.25, -0.2) is 9.50 Å². The molecular formula is C17H17N5O3. The molecule has 2 amide bonds. The van der Waals surface area contributed by atoms with Crippen LogP contribution in [0.2, 0.25) is 0 Å². The fourth-order valence-electron chi connectivity index (χ4n) is 2.50. The van der Waals surface area contributed by atoms with Crippen LogP contribution in [0, 0.1) is 0 Å². The molecule has 3 rings (SSSR count). The van der Waals surface area contributed by atoms with Crippen molar-refractivity contribution in [2.45, 2.75) is 12.5 Å². The van der Waals surface area contributed by atoms with Gasteiger partial charge in [-0.15, -0.1) is 0 Å². The smallest absolute Gasteiger partial charge is 0.270 e. The lowest BCUT2D eigenvalue weighted by Gasteiger charge is -2.12. The summed E-state index contributed by atoms with van der Waals surface area (Å²) in [6, 6.07) is 11.0. The van der Waals surface area contributed by atoms with Gasteiger partial charge < -0.3 is 16.2 Å². The Morgan fingerprint density at radius 1 is 1.24 bits per heavy atom. The van der Waals surface area contributed by atoms with Crippen LogP contribution < -0.4 is 11.1 Å². The van der Waals surface area contributed by atoms with Crippen LogP contribution in [0.3, 0.4) is 0 Å². The van der Waals surface area contributed by atoms with Crippen LogP contribution >= 0.6 is 0 Å². The summed E-state index contributed by atoms with van der Waals surface area (Å²) >= 11 is 0. The standard InChI is InChI=1S/C17H17N5O3/c18-15(24)13-10-21-22-14(6-7-19-16(13)22)17(25)20-9-12(23)8-11-4-2-1-3-5-11/h1-7,10,12,23H,8-9H2,(H2,18,24)(H,20,25)/t12-/m1/s1. The number of nitrogens with zero attached hydrogens (tertiary/aromatic N) is 3. The van der Waals surface area contributed by atoms with Crippen LogP contribution in [0.1, 0.15) is 26.4 Å². The van der Waals surface area contributed by atoms with Crippen molar-refractivity contribution in [3.63, 3.8) is 0 Å². The molecule has 0 aliphatic rings. The van der Waals surface area contributed by atoms with Crippen LogP contribution in [0.15, 0.2) is 48.8 Å². The third-order valence-corrected chi connectivity index (χ3v) is 3.71. The average molecular weight is 339 g/mol. The molecule has 0 aliphatic heterocycles. The zero-order valence-corrected chi connectivity index (χ0v) is 13.3. The number of hydrogen-bond donors (Lipinski definition) is 3. The molecule has 0 radical (unpaired) electrons. The molecule has 8 heteroatoms. The van der Waals surface area contributed by atoms with Gasteiger partial charge >= 0.3 is 0 Å². The fraction of sp³-hybridized carbons (Fsp3) is 0.176. The molecule has 0 fully saturated rings. The molecule has 3 aromatic rings. The zero-order chi connectivity index (χ0) is 17.8. The number of nitrogens with one attached hydrogen (secondary N) is 1. The number of nitrogens with two attached hydrogens (primary N) is 1. The number of aromatic nitrogens is 3. The summed E-state index contributed by atoms with van der Waals surface area (Å²) < 4.78 is 1.25. The van der Waals surface area contributed by atoms with E-state index in [0.29, 0.717) is 6.42 Å². The number of carbonyl (C=O) groups excluding carboxylic acids is 2. The highest BCUT2D eigenvalue weighted by Crippen LogP contribution is 2.10. The van der Waals surface area contributed by atoms with E-state index < -0.39 is 17.9 Å². The van der Waals surface area contributed by atoms with Crippen molar-refractivity contribution >= 4 is 17.5 Å². The second-order valence-corrected chi connectivity index (χ2v) is 5.54. The number of carbonyl (C=O) groups is 2. The SMILES string of the molecule is NC(=O)c1cnn2c(C(=O)NC[C@H](O)Cc3ccccc3)ccnc12. The largest absolute Gasteiger partial charge is 0.391 e. The van der Waals surface area contributed by atoms with Gasteiger partial charge in [0.1, 0.15) is 11.3 Å². The van der Waals surface area contributed by atoms with E-state index in [0.717, 1.165) is 5.56 Å². The molecule has 0 unspecified atom stereocenters. The van der Waals surface area contributed by atoms with Gasteiger partial charge in [0, 0.05) is 19.2 Å². The van der Waals surface area contributed by atoms with E-state index in [1.54, 1.807) is 0 Å². The van der Waals surface area contributed by atoms with Crippen molar-refractivity contribution in [1.29, 1.82) is 0 Å². The van der Waals surface area contributed by atoms with Crippen LogP contribution in [0.25, 0.3) is 5.65 Å².